The lowest BCUT2D eigenvalue weighted by molar-refractivity contribution is -0.154. The number of nitrogens with zero attached hydrogens (tertiary/aromatic N) is 2. The summed E-state index contributed by atoms with van der Waals surface area (Å²) in [5.41, 5.74) is 1.47. The van der Waals surface area contributed by atoms with Crippen molar-refractivity contribution in [3.05, 3.63) is 17.5 Å². The molecule has 5 heteroatoms. The Balaban J connectivity index is 2.40. The Hall–Kier alpha value is -1.10. The third-order valence-electron chi connectivity index (χ3n) is 1.92. The molecule has 1 rings (SSSR count). The van der Waals surface area contributed by atoms with Gasteiger partial charge in [-0.25, -0.2) is 9.97 Å². The summed E-state index contributed by atoms with van der Waals surface area (Å²) in [5.74, 6) is 0.456. The minimum atomic E-state index is -0.418. The molecule has 0 aliphatic carbocycles. The standard InChI is InChI=1S/C13H20N2O2S/c1-9-8-10(2)15-12(14-9)18-7-6-11(16)17-13(3,4)5/h8H,6-7H2,1-5H3. The first-order chi connectivity index (χ1) is 8.26. The number of hydrogen-bond donors (Lipinski definition) is 0. The fraction of sp³-hybridized carbons (Fsp3) is 0.615. The van der Waals surface area contributed by atoms with Crippen LogP contribution in [0.1, 0.15) is 38.6 Å². The molecule has 0 saturated heterocycles. The van der Waals surface area contributed by atoms with Gasteiger partial charge < -0.3 is 4.74 Å². The average molecular weight is 268 g/mol. The summed E-state index contributed by atoms with van der Waals surface area (Å²) < 4.78 is 5.23. The predicted molar refractivity (Wildman–Crippen MR) is 72.7 cm³/mol. The largest absolute Gasteiger partial charge is 0.460 e. The van der Waals surface area contributed by atoms with Crippen molar-refractivity contribution in [2.45, 2.75) is 51.8 Å². The molecule has 0 spiro atoms. The highest BCUT2D eigenvalue weighted by Crippen LogP contribution is 2.16. The number of hydrogen-bond acceptors (Lipinski definition) is 5. The minimum Gasteiger partial charge on any atom is -0.460 e. The first kappa shape index (κ1) is 15.0. The number of aromatic nitrogens is 2. The lowest BCUT2D eigenvalue weighted by atomic mass is 10.2. The van der Waals surface area contributed by atoms with E-state index in [2.05, 4.69) is 9.97 Å². The van der Waals surface area contributed by atoms with E-state index in [1.165, 1.54) is 11.8 Å². The fourth-order valence-corrected chi connectivity index (χ4v) is 2.24. The predicted octanol–water partition coefficient (Wildman–Crippen LogP) is 2.92. The minimum absolute atomic E-state index is 0.181. The van der Waals surface area contributed by atoms with Crippen LogP contribution in [0.3, 0.4) is 0 Å². The summed E-state index contributed by atoms with van der Waals surface area (Å²) in [5, 5.41) is 0.719. The van der Waals surface area contributed by atoms with Crippen LogP contribution in [0.5, 0.6) is 0 Å². The molecule has 0 unspecified atom stereocenters. The third-order valence-corrected chi connectivity index (χ3v) is 2.77. The third kappa shape index (κ3) is 6.00. The normalized spacial score (nSPS) is 11.4. The molecule has 4 nitrogen and oxygen atoms in total. The topological polar surface area (TPSA) is 52.1 Å². The van der Waals surface area contributed by atoms with E-state index in [9.17, 15) is 4.79 Å². The second-order valence-electron chi connectivity index (χ2n) is 5.12. The Kier molecular flexibility index (Phi) is 5.14. The van der Waals surface area contributed by atoms with Gasteiger partial charge in [0, 0.05) is 17.1 Å². The molecule has 1 aromatic rings. The van der Waals surface area contributed by atoms with E-state index >= 15 is 0 Å². The highest BCUT2D eigenvalue weighted by molar-refractivity contribution is 7.99. The SMILES string of the molecule is Cc1cc(C)nc(SCCC(=O)OC(C)(C)C)n1. The van der Waals surface area contributed by atoms with Gasteiger partial charge in [-0.15, -0.1) is 0 Å². The quantitative estimate of drug-likeness (QED) is 0.477. The Morgan fingerprint density at radius 3 is 2.33 bits per heavy atom. The summed E-state index contributed by atoms with van der Waals surface area (Å²) in [7, 11) is 0. The van der Waals surface area contributed by atoms with Gasteiger partial charge in [0.1, 0.15) is 5.60 Å². The first-order valence-corrected chi connectivity index (χ1v) is 6.92. The second-order valence-corrected chi connectivity index (χ2v) is 6.18. The van der Waals surface area contributed by atoms with Crippen molar-refractivity contribution < 1.29 is 9.53 Å². The van der Waals surface area contributed by atoms with Crippen molar-refractivity contribution in [3.8, 4) is 0 Å². The molecule has 0 aromatic carbocycles. The van der Waals surface area contributed by atoms with Crippen LogP contribution >= 0.6 is 11.8 Å². The van der Waals surface area contributed by atoms with Crippen LogP contribution < -0.4 is 0 Å². The maximum absolute atomic E-state index is 11.5. The van der Waals surface area contributed by atoms with Gasteiger partial charge in [0.15, 0.2) is 5.16 Å². The van der Waals surface area contributed by atoms with E-state index in [-0.39, 0.29) is 5.97 Å². The summed E-state index contributed by atoms with van der Waals surface area (Å²) in [6.45, 7) is 9.47. The van der Waals surface area contributed by atoms with Crippen LogP contribution in [0, 0.1) is 13.8 Å². The van der Waals surface area contributed by atoms with Crippen molar-refractivity contribution in [2.75, 3.05) is 5.75 Å². The molecule has 0 saturated carbocycles. The van der Waals surface area contributed by atoms with Crippen LogP contribution in [0.15, 0.2) is 11.2 Å². The fourth-order valence-electron chi connectivity index (χ4n) is 1.38. The van der Waals surface area contributed by atoms with Gasteiger partial charge in [-0.1, -0.05) is 11.8 Å². The van der Waals surface area contributed by atoms with E-state index in [4.69, 9.17) is 4.74 Å². The lowest BCUT2D eigenvalue weighted by Gasteiger charge is -2.19. The molecule has 0 amide bonds. The van der Waals surface area contributed by atoms with Gasteiger partial charge in [0.05, 0.1) is 6.42 Å². The lowest BCUT2D eigenvalue weighted by Crippen LogP contribution is -2.24. The van der Waals surface area contributed by atoms with Gasteiger partial charge in [-0.05, 0) is 40.7 Å². The van der Waals surface area contributed by atoms with E-state index in [0.29, 0.717) is 12.2 Å². The molecular formula is C13H20N2O2S. The van der Waals surface area contributed by atoms with Gasteiger partial charge in [-0.3, -0.25) is 4.79 Å². The molecule has 0 bridgehead atoms. The van der Waals surface area contributed by atoms with Crippen molar-refractivity contribution in [1.29, 1.82) is 0 Å². The maximum Gasteiger partial charge on any atom is 0.307 e. The molecule has 100 valence electrons. The molecule has 1 heterocycles. The molecule has 1 aromatic heterocycles. The van der Waals surface area contributed by atoms with E-state index in [1.54, 1.807) is 0 Å². The zero-order valence-corrected chi connectivity index (χ0v) is 12.4. The number of rotatable bonds is 4. The number of esters is 1. The summed E-state index contributed by atoms with van der Waals surface area (Å²) in [6.07, 6.45) is 0.373. The van der Waals surface area contributed by atoms with E-state index < -0.39 is 5.60 Å². The number of aryl methyl sites for hydroxylation is 2. The number of thioether (sulfide) groups is 1. The first-order valence-electron chi connectivity index (χ1n) is 5.93. The second kappa shape index (κ2) is 6.18. The van der Waals surface area contributed by atoms with Gasteiger partial charge in [-0.2, -0.15) is 0 Å². The van der Waals surface area contributed by atoms with Crippen LogP contribution in [-0.4, -0.2) is 27.3 Å². The molecule has 0 atom stereocenters. The molecule has 0 aliphatic rings. The molecular weight excluding hydrogens is 248 g/mol. The van der Waals surface area contributed by atoms with Crippen molar-refractivity contribution >= 4 is 17.7 Å². The summed E-state index contributed by atoms with van der Waals surface area (Å²) >= 11 is 1.48. The van der Waals surface area contributed by atoms with Crippen LogP contribution in [-0.2, 0) is 9.53 Å². The van der Waals surface area contributed by atoms with Crippen LogP contribution in [0.4, 0.5) is 0 Å². The van der Waals surface area contributed by atoms with Gasteiger partial charge in [0.2, 0.25) is 0 Å². The van der Waals surface area contributed by atoms with Crippen molar-refractivity contribution in [2.24, 2.45) is 0 Å². The highest BCUT2D eigenvalue weighted by Gasteiger charge is 2.16. The average Bonchev–Trinajstić information content (AvgIpc) is 2.12. The molecule has 18 heavy (non-hydrogen) atoms. The van der Waals surface area contributed by atoms with E-state index in [0.717, 1.165) is 16.5 Å². The molecule has 0 N–H and O–H groups in total. The molecule has 0 radical (unpaired) electrons. The Labute approximate surface area is 113 Å². The van der Waals surface area contributed by atoms with E-state index in [1.807, 2.05) is 40.7 Å². The summed E-state index contributed by atoms with van der Waals surface area (Å²) in [6, 6.07) is 1.93. The van der Waals surface area contributed by atoms with Crippen molar-refractivity contribution in [1.82, 2.24) is 9.97 Å². The Bertz CT molecular complexity index is 407. The van der Waals surface area contributed by atoms with Gasteiger partial charge >= 0.3 is 5.97 Å². The number of carbonyl (C=O) groups excluding carboxylic acids is 1. The highest BCUT2D eigenvalue weighted by atomic mass is 32.2. The monoisotopic (exact) mass is 268 g/mol. The number of ether oxygens (including phenoxy) is 1. The van der Waals surface area contributed by atoms with Crippen molar-refractivity contribution in [3.63, 3.8) is 0 Å². The van der Waals surface area contributed by atoms with Crippen LogP contribution in [0.25, 0.3) is 0 Å². The summed E-state index contributed by atoms with van der Waals surface area (Å²) in [4.78, 5) is 20.1. The zero-order valence-electron chi connectivity index (χ0n) is 11.6. The van der Waals surface area contributed by atoms with Gasteiger partial charge in [0.25, 0.3) is 0 Å². The Morgan fingerprint density at radius 1 is 1.28 bits per heavy atom. The maximum atomic E-state index is 11.5. The Morgan fingerprint density at radius 2 is 1.83 bits per heavy atom. The number of carbonyl (C=O) groups is 1. The van der Waals surface area contributed by atoms with Crippen LogP contribution in [0.2, 0.25) is 0 Å². The smallest absolute Gasteiger partial charge is 0.307 e. The molecule has 0 fully saturated rings. The molecule has 0 aliphatic heterocycles. The zero-order chi connectivity index (χ0) is 13.8.